The molecule has 7 heteroatoms. The Bertz CT molecular complexity index is 1220. The number of anilines is 1. The lowest BCUT2D eigenvalue weighted by molar-refractivity contribution is -0.125. The molecule has 0 bridgehead atoms. The molecule has 1 aliphatic rings. The summed E-state index contributed by atoms with van der Waals surface area (Å²) in [7, 11) is 3.67. The molecule has 0 radical (unpaired) electrons. The Morgan fingerprint density at radius 3 is 2.88 bits per heavy atom. The maximum atomic E-state index is 12.9. The summed E-state index contributed by atoms with van der Waals surface area (Å²) in [5.41, 5.74) is 2.72. The number of aromatic nitrogens is 1. The third kappa shape index (κ3) is 5.21. The number of rotatable bonds is 6. The fourth-order valence-electron chi connectivity index (χ4n) is 4.00. The van der Waals surface area contributed by atoms with Gasteiger partial charge < -0.3 is 15.0 Å². The lowest BCUT2D eigenvalue weighted by Crippen LogP contribution is -2.26. The van der Waals surface area contributed by atoms with Gasteiger partial charge in [0, 0.05) is 43.5 Å². The van der Waals surface area contributed by atoms with Crippen molar-refractivity contribution in [1.29, 1.82) is 0 Å². The molecule has 1 aliphatic heterocycles. The van der Waals surface area contributed by atoms with E-state index in [1.165, 1.54) is 0 Å². The molecule has 2 aromatic carbocycles. The number of carbonyl (C=O) groups excluding carboxylic acids is 2. The molecule has 1 aromatic heterocycles. The standard InChI is InChI=1S/C26H28N4O3/c1-4-33-23-11-10-19-7-5-6-8-21(19)22(23)16-30(3)25(32)12-9-18-13-20-15-29(2)17-24(31)28-26(20)27-14-18/h5-14H,4,15-17H2,1-3H3,(H,27,28,31). The van der Waals surface area contributed by atoms with Gasteiger partial charge in [-0.15, -0.1) is 0 Å². The summed E-state index contributed by atoms with van der Waals surface area (Å²) >= 11 is 0. The van der Waals surface area contributed by atoms with Crippen molar-refractivity contribution in [3.8, 4) is 5.75 Å². The van der Waals surface area contributed by atoms with E-state index >= 15 is 0 Å². The van der Waals surface area contributed by atoms with Gasteiger partial charge in [-0.25, -0.2) is 4.98 Å². The van der Waals surface area contributed by atoms with Crippen LogP contribution in [0.3, 0.4) is 0 Å². The van der Waals surface area contributed by atoms with E-state index < -0.39 is 0 Å². The van der Waals surface area contributed by atoms with Crippen LogP contribution in [0.2, 0.25) is 0 Å². The molecule has 170 valence electrons. The highest BCUT2D eigenvalue weighted by Crippen LogP contribution is 2.29. The zero-order valence-corrected chi connectivity index (χ0v) is 19.2. The number of nitrogens with one attached hydrogen (secondary N) is 1. The summed E-state index contributed by atoms with van der Waals surface area (Å²) in [6.07, 6.45) is 4.96. The summed E-state index contributed by atoms with van der Waals surface area (Å²) < 4.78 is 5.84. The van der Waals surface area contributed by atoms with E-state index in [1.807, 2.05) is 49.2 Å². The Hall–Kier alpha value is -3.71. The number of fused-ring (bicyclic) bond motifs is 2. The van der Waals surface area contributed by atoms with E-state index in [1.54, 1.807) is 30.3 Å². The highest BCUT2D eigenvalue weighted by molar-refractivity contribution is 5.94. The number of benzene rings is 2. The quantitative estimate of drug-likeness (QED) is 0.587. The number of hydrogen-bond acceptors (Lipinski definition) is 5. The predicted molar refractivity (Wildman–Crippen MR) is 130 cm³/mol. The molecular formula is C26H28N4O3. The minimum Gasteiger partial charge on any atom is -0.494 e. The molecule has 1 N–H and O–H groups in total. The molecule has 0 saturated carbocycles. The Morgan fingerprint density at radius 1 is 1.24 bits per heavy atom. The van der Waals surface area contributed by atoms with Crippen molar-refractivity contribution in [3.05, 3.63) is 71.4 Å². The summed E-state index contributed by atoms with van der Waals surface area (Å²) in [5, 5.41) is 5.01. The number of hydrogen-bond donors (Lipinski definition) is 1. The highest BCUT2D eigenvalue weighted by atomic mass is 16.5. The monoisotopic (exact) mass is 444 g/mol. The smallest absolute Gasteiger partial charge is 0.246 e. The molecule has 0 fully saturated rings. The molecule has 0 spiro atoms. The number of ether oxygens (including phenoxy) is 1. The predicted octanol–water partition coefficient (Wildman–Crippen LogP) is 3.69. The number of likely N-dealkylation sites (N-methyl/N-ethyl adjacent to an activating group) is 2. The summed E-state index contributed by atoms with van der Waals surface area (Å²) in [5.74, 6) is 1.17. The Labute approximate surface area is 193 Å². The van der Waals surface area contributed by atoms with Gasteiger partial charge in [-0.05, 0) is 48.5 Å². The average molecular weight is 445 g/mol. The van der Waals surface area contributed by atoms with E-state index in [4.69, 9.17) is 4.74 Å². The van der Waals surface area contributed by atoms with Crippen molar-refractivity contribution in [3.63, 3.8) is 0 Å². The van der Waals surface area contributed by atoms with Crippen LogP contribution in [0.15, 0.2) is 54.7 Å². The van der Waals surface area contributed by atoms with E-state index in [-0.39, 0.29) is 11.8 Å². The minimum atomic E-state index is -0.120. The highest BCUT2D eigenvalue weighted by Gasteiger charge is 2.18. The Morgan fingerprint density at radius 2 is 2.06 bits per heavy atom. The second-order valence-corrected chi connectivity index (χ2v) is 8.22. The van der Waals surface area contributed by atoms with Gasteiger partial charge >= 0.3 is 0 Å². The second kappa shape index (κ2) is 9.83. The maximum Gasteiger partial charge on any atom is 0.246 e. The van der Waals surface area contributed by atoms with Crippen LogP contribution in [0.5, 0.6) is 5.75 Å². The average Bonchev–Trinajstić information content (AvgIpc) is 2.94. The molecule has 2 amide bonds. The van der Waals surface area contributed by atoms with Gasteiger partial charge in [-0.2, -0.15) is 0 Å². The molecule has 33 heavy (non-hydrogen) atoms. The maximum absolute atomic E-state index is 12.9. The number of amides is 2. The lowest BCUT2D eigenvalue weighted by Gasteiger charge is -2.19. The SMILES string of the molecule is CCOc1ccc2ccccc2c1CN(C)C(=O)C=Cc1cnc2c(c1)CN(C)CC(=O)N2. The van der Waals surface area contributed by atoms with Crippen LogP contribution in [0.1, 0.15) is 23.6 Å². The first kappa shape index (κ1) is 22.5. The van der Waals surface area contributed by atoms with Gasteiger partial charge in [-0.3, -0.25) is 14.5 Å². The number of nitrogens with zero attached hydrogens (tertiary/aromatic N) is 3. The van der Waals surface area contributed by atoms with E-state index in [0.29, 0.717) is 32.1 Å². The van der Waals surface area contributed by atoms with E-state index in [2.05, 4.69) is 22.4 Å². The molecule has 2 heterocycles. The normalized spacial score (nSPS) is 14.1. The van der Waals surface area contributed by atoms with Crippen molar-refractivity contribution in [2.24, 2.45) is 0 Å². The second-order valence-electron chi connectivity index (χ2n) is 8.22. The zero-order valence-electron chi connectivity index (χ0n) is 19.2. The van der Waals surface area contributed by atoms with E-state index in [0.717, 1.165) is 33.2 Å². The largest absolute Gasteiger partial charge is 0.494 e. The van der Waals surface area contributed by atoms with Crippen LogP contribution < -0.4 is 10.1 Å². The van der Waals surface area contributed by atoms with Crippen LogP contribution >= 0.6 is 0 Å². The summed E-state index contributed by atoms with van der Waals surface area (Å²) in [4.78, 5) is 32.7. The third-order valence-corrected chi connectivity index (χ3v) is 5.59. The van der Waals surface area contributed by atoms with Gasteiger partial charge in [0.15, 0.2) is 0 Å². The van der Waals surface area contributed by atoms with Gasteiger partial charge in [0.2, 0.25) is 11.8 Å². The first-order valence-corrected chi connectivity index (χ1v) is 11.0. The lowest BCUT2D eigenvalue weighted by atomic mass is 10.0. The summed E-state index contributed by atoms with van der Waals surface area (Å²) in [6.45, 7) is 3.87. The molecule has 0 unspecified atom stereocenters. The zero-order chi connectivity index (χ0) is 23.4. The molecule has 0 atom stereocenters. The van der Waals surface area contributed by atoms with Crippen LogP contribution in [0, 0.1) is 0 Å². The number of pyridine rings is 1. The van der Waals surface area contributed by atoms with Crippen LogP contribution in [0.25, 0.3) is 16.8 Å². The fourth-order valence-corrected chi connectivity index (χ4v) is 4.00. The molecule has 4 rings (SSSR count). The minimum absolute atomic E-state index is 0.0799. The van der Waals surface area contributed by atoms with Gasteiger partial charge in [0.1, 0.15) is 11.6 Å². The van der Waals surface area contributed by atoms with Gasteiger partial charge in [-0.1, -0.05) is 30.3 Å². The van der Waals surface area contributed by atoms with Crippen LogP contribution in [0.4, 0.5) is 5.82 Å². The fraction of sp³-hybridized carbons (Fsp3) is 0.269. The molecule has 7 nitrogen and oxygen atoms in total. The molecule has 0 aliphatic carbocycles. The Balaban J connectivity index is 1.52. The van der Waals surface area contributed by atoms with Crippen molar-refractivity contribution in [2.75, 3.05) is 32.6 Å². The molecule has 0 saturated heterocycles. The van der Waals surface area contributed by atoms with Gasteiger partial charge in [0.25, 0.3) is 0 Å². The first-order chi connectivity index (χ1) is 15.9. The first-order valence-electron chi connectivity index (χ1n) is 11.0. The van der Waals surface area contributed by atoms with Crippen LogP contribution in [-0.4, -0.2) is 53.8 Å². The third-order valence-electron chi connectivity index (χ3n) is 5.59. The van der Waals surface area contributed by atoms with Crippen molar-refractivity contribution >= 4 is 34.5 Å². The Kier molecular flexibility index (Phi) is 6.70. The van der Waals surface area contributed by atoms with Crippen molar-refractivity contribution in [2.45, 2.75) is 20.0 Å². The number of carbonyl (C=O) groups is 2. The summed E-state index contributed by atoms with van der Waals surface area (Å²) in [6, 6.07) is 14.1. The topological polar surface area (TPSA) is 74.8 Å². The van der Waals surface area contributed by atoms with Crippen LogP contribution in [-0.2, 0) is 22.7 Å². The van der Waals surface area contributed by atoms with E-state index in [9.17, 15) is 9.59 Å². The van der Waals surface area contributed by atoms with Gasteiger partial charge in [0.05, 0.1) is 13.2 Å². The van der Waals surface area contributed by atoms with Crippen molar-refractivity contribution in [1.82, 2.24) is 14.8 Å². The molecular weight excluding hydrogens is 416 g/mol. The van der Waals surface area contributed by atoms with Crippen molar-refractivity contribution < 1.29 is 14.3 Å². The molecule has 3 aromatic rings.